The molecule has 2 saturated heterocycles. The smallest absolute Gasteiger partial charge is 0.315 e. The predicted octanol–water partition coefficient (Wildman–Crippen LogP) is 1.85. The Bertz CT molecular complexity index is 895. The number of fused-ring (bicyclic) bond motifs is 1. The van der Waals surface area contributed by atoms with E-state index < -0.39 is 6.23 Å². The van der Waals surface area contributed by atoms with E-state index in [0.29, 0.717) is 64.5 Å². The number of carbonyl (C=O) groups is 3. The molecule has 1 saturated carbocycles. The summed E-state index contributed by atoms with van der Waals surface area (Å²) in [4.78, 5) is 35.8. The second-order valence-corrected chi connectivity index (χ2v) is 13.0. The SMILES string of the molecule is CC1(C)CC(=O)C(=C(O)CCOCCOCCOCCOCCNC(O)CCCC[C@@H]2SC[C@@H]3NC(=O)N[C@@H]32)C(=O)C1. The molecule has 2 amide bonds. The normalized spacial score (nSPS) is 24.0. The molecule has 5 N–H and O–H groups in total. The number of allylic oxidation sites excluding steroid dienone is 1. The zero-order valence-electron chi connectivity index (χ0n) is 25.0. The number of unbranched alkanes of at least 4 members (excludes halogenated alkanes) is 1. The molecule has 0 bridgehead atoms. The molecule has 4 atom stereocenters. The summed E-state index contributed by atoms with van der Waals surface area (Å²) in [5.41, 5.74) is -0.426. The number of hydrogen-bond acceptors (Lipinski definition) is 11. The number of aliphatic hydroxyl groups excluding tert-OH is 2. The van der Waals surface area contributed by atoms with Crippen LogP contribution in [-0.2, 0) is 28.5 Å². The van der Waals surface area contributed by atoms with Gasteiger partial charge >= 0.3 is 6.03 Å². The monoisotopic (exact) mass is 615 g/mol. The Morgan fingerprint density at radius 1 is 0.929 bits per heavy atom. The average molecular weight is 616 g/mol. The highest BCUT2D eigenvalue weighted by molar-refractivity contribution is 8.00. The first kappa shape index (κ1) is 34.7. The van der Waals surface area contributed by atoms with Gasteiger partial charge in [0.15, 0.2) is 11.6 Å². The van der Waals surface area contributed by atoms with Gasteiger partial charge < -0.3 is 39.8 Å². The van der Waals surface area contributed by atoms with Gasteiger partial charge in [-0.15, -0.1) is 0 Å². The summed E-state index contributed by atoms with van der Waals surface area (Å²) in [7, 11) is 0. The zero-order chi connectivity index (χ0) is 30.4. The molecule has 3 fully saturated rings. The maximum atomic E-state index is 12.2. The number of Topliss-reactive ketones (excluding diaryl/α,β-unsaturated/α-hetero) is 2. The molecular formula is C29H49N3O9S. The molecule has 0 aromatic heterocycles. The Balaban J connectivity index is 1.04. The van der Waals surface area contributed by atoms with Crippen molar-refractivity contribution < 1.29 is 43.5 Å². The molecule has 240 valence electrons. The molecule has 1 unspecified atom stereocenters. The van der Waals surface area contributed by atoms with Gasteiger partial charge in [0.25, 0.3) is 0 Å². The van der Waals surface area contributed by atoms with Crippen molar-refractivity contribution in [3.63, 3.8) is 0 Å². The van der Waals surface area contributed by atoms with Crippen LogP contribution in [0.1, 0.15) is 58.8 Å². The van der Waals surface area contributed by atoms with Crippen LogP contribution in [0.3, 0.4) is 0 Å². The van der Waals surface area contributed by atoms with Crippen molar-refractivity contribution >= 4 is 29.4 Å². The lowest BCUT2D eigenvalue weighted by atomic mass is 9.73. The van der Waals surface area contributed by atoms with E-state index in [1.165, 1.54) is 0 Å². The van der Waals surface area contributed by atoms with Gasteiger partial charge in [-0.3, -0.25) is 14.9 Å². The first-order valence-corrected chi connectivity index (χ1v) is 16.1. The van der Waals surface area contributed by atoms with Gasteiger partial charge in [0, 0.05) is 36.8 Å². The number of rotatable bonds is 21. The van der Waals surface area contributed by atoms with Crippen molar-refractivity contribution in [2.24, 2.45) is 5.41 Å². The highest BCUT2D eigenvalue weighted by atomic mass is 32.2. The molecule has 0 aromatic carbocycles. The van der Waals surface area contributed by atoms with E-state index in [-0.39, 0.29) is 72.3 Å². The molecule has 3 aliphatic rings. The minimum Gasteiger partial charge on any atom is -0.511 e. The molecular weight excluding hydrogens is 566 g/mol. The summed E-state index contributed by atoms with van der Waals surface area (Å²) in [6, 6.07) is 0.436. The first-order chi connectivity index (χ1) is 20.2. The molecule has 0 aromatic rings. The number of carbonyl (C=O) groups excluding carboxylic acids is 3. The first-order valence-electron chi connectivity index (χ1n) is 15.1. The van der Waals surface area contributed by atoms with Crippen LogP contribution in [0.25, 0.3) is 0 Å². The van der Waals surface area contributed by atoms with E-state index in [0.717, 1.165) is 25.0 Å². The van der Waals surface area contributed by atoms with Crippen LogP contribution in [0.5, 0.6) is 0 Å². The number of aliphatic hydroxyl groups is 2. The molecule has 0 radical (unpaired) electrons. The lowest BCUT2D eigenvalue weighted by Crippen LogP contribution is -2.36. The van der Waals surface area contributed by atoms with Crippen LogP contribution in [0.15, 0.2) is 11.3 Å². The topological polar surface area (TPSA) is 165 Å². The zero-order valence-corrected chi connectivity index (χ0v) is 25.8. The maximum absolute atomic E-state index is 12.2. The van der Waals surface area contributed by atoms with Gasteiger partial charge in [0.1, 0.15) is 12.0 Å². The number of nitrogens with one attached hydrogen (secondary N) is 3. The third kappa shape index (κ3) is 12.1. The Hall–Kier alpha value is -1.74. The third-order valence-electron chi connectivity index (χ3n) is 7.50. The second kappa shape index (κ2) is 18.2. The van der Waals surface area contributed by atoms with Crippen molar-refractivity contribution in [2.75, 3.05) is 65.2 Å². The van der Waals surface area contributed by atoms with Gasteiger partial charge in [0.2, 0.25) is 0 Å². The lowest BCUT2D eigenvalue weighted by molar-refractivity contribution is -0.127. The van der Waals surface area contributed by atoms with Crippen molar-refractivity contribution in [1.29, 1.82) is 0 Å². The molecule has 3 rings (SSSR count). The molecule has 0 spiro atoms. The number of ether oxygens (including phenoxy) is 4. The summed E-state index contributed by atoms with van der Waals surface area (Å²) in [6.45, 7) is 7.43. The summed E-state index contributed by atoms with van der Waals surface area (Å²) < 4.78 is 21.9. The Morgan fingerprint density at radius 2 is 1.52 bits per heavy atom. The van der Waals surface area contributed by atoms with Gasteiger partial charge in [-0.25, -0.2) is 4.79 Å². The Morgan fingerprint density at radius 3 is 2.17 bits per heavy atom. The highest BCUT2D eigenvalue weighted by Crippen LogP contribution is 2.35. The van der Waals surface area contributed by atoms with Gasteiger partial charge in [-0.05, 0) is 24.7 Å². The second-order valence-electron chi connectivity index (χ2n) is 11.8. The minimum absolute atomic E-state index is 0.0550. The summed E-state index contributed by atoms with van der Waals surface area (Å²) in [6.07, 6.45) is 3.76. The van der Waals surface area contributed by atoms with Gasteiger partial charge in [0.05, 0.1) is 70.5 Å². The van der Waals surface area contributed by atoms with Crippen LogP contribution < -0.4 is 16.0 Å². The predicted molar refractivity (Wildman–Crippen MR) is 159 cm³/mol. The lowest BCUT2D eigenvalue weighted by Gasteiger charge is -2.28. The quantitative estimate of drug-likeness (QED) is 0.0320. The van der Waals surface area contributed by atoms with E-state index in [9.17, 15) is 24.6 Å². The summed E-state index contributed by atoms with van der Waals surface area (Å²) >= 11 is 1.91. The summed E-state index contributed by atoms with van der Waals surface area (Å²) in [5.74, 6) is 0.185. The molecule has 2 aliphatic heterocycles. The number of thioether (sulfide) groups is 1. The van der Waals surface area contributed by atoms with Crippen molar-refractivity contribution in [3.8, 4) is 0 Å². The van der Waals surface area contributed by atoms with Crippen LogP contribution in [0, 0.1) is 5.41 Å². The molecule has 12 nitrogen and oxygen atoms in total. The van der Waals surface area contributed by atoms with E-state index in [4.69, 9.17) is 18.9 Å². The molecule has 1 aliphatic carbocycles. The Labute approximate surface area is 253 Å². The number of ketones is 2. The van der Waals surface area contributed by atoms with Crippen molar-refractivity contribution in [3.05, 3.63) is 11.3 Å². The number of amides is 2. The number of urea groups is 1. The Kier molecular flexibility index (Phi) is 15.0. The fourth-order valence-electron chi connectivity index (χ4n) is 5.37. The minimum atomic E-state index is -0.552. The fraction of sp³-hybridized carbons (Fsp3) is 0.828. The van der Waals surface area contributed by atoms with Crippen molar-refractivity contribution in [2.45, 2.75) is 82.4 Å². The van der Waals surface area contributed by atoms with Crippen molar-refractivity contribution in [1.82, 2.24) is 16.0 Å². The largest absolute Gasteiger partial charge is 0.511 e. The maximum Gasteiger partial charge on any atom is 0.315 e. The van der Waals surface area contributed by atoms with E-state index in [2.05, 4.69) is 16.0 Å². The average Bonchev–Trinajstić information content (AvgIpc) is 3.46. The standard InChI is InChI=1S/C29H49N3O9S/c1-29(2)17-22(34)26(23(35)18-29)21(33)7-9-38-11-13-40-15-16-41-14-12-39-10-8-30-25(36)6-4-3-5-24-27-20(19-42-24)31-28(37)32-27/h20,24-25,27,30,33,36H,3-19H2,1-2H3,(H2,31,32,37)/t20-,24-,25?,27-/m0/s1. The van der Waals surface area contributed by atoms with E-state index in [1.54, 1.807) is 0 Å². The van der Waals surface area contributed by atoms with Gasteiger partial charge in [-0.2, -0.15) is 11.8 Å². The number of hydrogen-bond donors (Lipinski definition) is 5. The van der Waals surface area contributed by atoms with Gasteiger partial charge in [-0.1, -0.05) is 20.3 Å². The van der Waals surface area contributed by atoms with Crippen LogP contribution in [-0.4, -0.2) is 117 Å². The van der Waals surface area contributed by atoms with Crippen LogP contribution >= 0.6 is 11.8 Å². The van der Waals surface area contributed by atoms with Crippen LogP contribution in [0.4, 0.5) is 4.79 Å². The van der Waals surface area contributed by atoms with E-state index >= 15 is 0 Å². The molecule has 2 heterocycles. The molecule has 13 heteroatoms. The van der Waals surface area contributed by atoms with Crippen LogP contribution in [0.2, 0.25) is 0 Å². The fourth-order valence-corrected chi connectivity index (χ4v) is 6.91. The summed E-state index contributed by atoms with van der Waals surface area (Å²) in [5, 5.41) is 29.8. The molecule has 42 heavy (non-hydrogen) atoms. The van der Waals surface area contributed by atoms with E-state index in [1.807, 2.05) is 25.6 Å². The highest BCUT2D eigenvalue weighted by Gasteiger charge is 2.42. The third-order valence-corrected chi connectivity index (χ3v) is 9.01.